The van der Waals surface area contributed by atoms with Gasteiger partial charge < -0.3 is 20.1 Å². The lowest BCUT2D eigenvalue weighted by atomic mass is 10.0. The predicted molar refractivity (Wildman–Crippen MR) is 138 cm³/mol. The van der Waals surface area contributed by atoms with Crippen LogP contribution in [0.5, 0.6) is 5.75 Å². The van der Waals surface area contributed by atoms with E-state index in [1.807, 2.05) is 19.2 Å². The number of aliphatic imine (C=N–C) groups is 1. The maximum atomic E-state index is 5.55. The van der Waals surface area contributed by atoms with Gasteiger partial charge in [-0.2, -0.15) is 0 Å². The lowest BCUT2D eigenvalue weighted by Gasteiger charge is -2.35. The van der Waals surface area contributed by atoms with Crippen LogP contribution in [0.25, 0.3) is 0 Å². The van der Waals surface area contributed by atoms with Crippen molar-refractivity contribution in [3.05, 3.63) is 45.9 Å². The van der Waals surface area contributed by atoms with Gasteiger partial charge >= 0.3 is 0 Å². The smallest absolute Gasteiger partial charge is 0.191 e. The molecule has 1 saturated heterocycles. The van der Waals surface area contributed by atoms with Crippen LogP contribution in [0, 0.1) is 0 Å². The van der Waals surface area contributed by atoms with Gasteiger partial charge in [-0.3, -0.25) is 9.89 Å². The third-order valence-electron chi connectivity index (χ3n) is 5.25. The Bertz CT molecular complexity index is 793. The van der Waals surface area contributed by atoms with Gasteiger partial charge in [-0.05, 0) is 24.1 Å². The highest BCUT2D eigenvalue weighted by Crippen LogP contribution is 2.23. The molecule has 1 fully saturated rings. The Balaban J connectivity index is 0.00000341. The van der Waals surface area contributed by atoms with E-state index < -0.39 is 0 Å². The van der Waals surface area contributed by atoms with Gasteiger partial charge in [-0.1, -0.05) is 19.1 Å². The molecule has 2 heterocycles. The second-order valence-electron chi connectivity index (χ2n) is 7.15. The van der Waals surface area contributed by atoms with Gasteiger partial charge in [-0.25, -0.2) is 4.98 Å². The van der Waals surface area contributed by atoms with Crippen molar-refractivity contribution in [3.63, 3.8) is 0 Å². The number of aryl methyl sites for hydroxylation is 1. The lowest BCUT2D eigenvalue weighted by molar-refractivity contribution is 0.0170. The lowest BCUT2D eigenvalue weighted by Crippen LogP contribution is -2.46. The van der Waals surface area contributed by atoms with Crippen LogP contribution in [0.3, 0.4) is 0 Å². The summed E-state index contributed by atoms with van der Waals surface area (Å²) in [4.78, 5) is 11.5. The van der Waals surface area contributed by atoms with Crippen molar-refractivity contribution in [2.75, 3.05) is 53.6 Å². The Kier molecular flexibility index (Phi) is 11.6. The van der Waals surface area contributed by atoms with E-state index in [0.717, 1.165) is 69.6 Å². The van der Waals surface area contributed by atoms with Crippen molar-refractivity contribution < 1.29 is 9.47 Å². The highest BCUT2D eigenvalue weighted by atomic mass is 127. The number of hydrogen-bond acceptors (Lipinski definition) is 6. The van der Waals surface area contributed by atoms with Gasteiger partial charge in [0.15, 0.2) is 5.96 Å². The zero-order valence-electron chi connectivity index (χ0n) is 18.6. The summed E-state index contributed by atoms with van der Waals surface area (Å²) in [6, 6.07) is 8.57. The summed E-state index contributed by atoms with van der Waals surface area (Å²) in [5.41, 5.74) is 2.40. The minimum absolute atomic E-state index is 0. The molecule has 7 nitrogen and oxygen atoms in total. The summed E-state index contributed by atoms with van der Waals surface area (Å²) in [6.45, 7) is 7.10. The van der Waals surface area contributed by atoms with Crippen molar-refractivity contribution in [2.24, 2.45) is 4.99 Å². The Morgan fingerprint density at radius 2 is 2.00 bits per heavy atom. The van der Waals surface area contributed by atoms with Gasteiger partial charge in [0.25, 0.3) is 0 Å². The molecule has 0 aliphatic carbocycles. The number of rotatable bonds is 9. The Hall–Kier alpha value is -1.43. The van der Waals surface area contributed by atoms with Crippen LogP contribution in [0.1, 0.15) is 29.2 Å². The topological polar surface area (TPSA) is 71.0 Å². The molecule has 9 heteroatoms. The summed E-state index contributed by atoms with van der Waals surface area (Å²) >= 11 is 1.73. The number of morpholine rings is 1. The molecule has 2 aromatic rings. The molecule has 1 atom stereocenters. The van der Waals surface area contributed by atoms with E-state index in [4.69, 9.17) is 9.47 Å². The zero-order chi connectivity index (χ0) is 21.2. The number of guanidine groups is 1. The van der Waals surface area contributed by atoms with Gasteiger partial charge in [0.05, 0.1) is 37.1 Å². The Labute approximate surface area is 206 Å². The third-order valence-corrected chi connectivity index (χ3v) is 6.29. The molecule has 2 N–H and O–H groups in total. The maximum absolute atomic E-state index is 5.55. The molecule has 1 unspecified atom stereocenters. The zero-order valence-corrected chi connectivity index (χ0v) is 21.7. The number of nitrogens with zero attached hydrogens (tertiary/aromatic N) is 3. The molecule has 0 amide bonds. The number of methoxy groups -OCH3 is 1. The third kappa shape index (κ3) is 7.89. The van der Waals surface area contributed by atoms with E-state index in [9.17, 15) is 0 Å². The van der Waals surface area contributed by atoms with Crippen molar-refractivity contribution in [1.29, 1.82) is 0 Å². The molecule has 31 heavy (non-hydrogen) atoms. The second kappa shape index (κ2) is 13.9. The first kappa shape index (κ1) is 25.8. The highest BCUT2D eigenvalue weighted by Gasteiger charge is 2.23. The standard InChI is InChI=1S/C22H33N5O2S.HI/c1-4-21-26-18(16-30-21)9-10-24-22(23-2)25-15-20(27-11-13-29-14-12-27)17-5-7-19(28-3)8-6-17;/h5-8,16,20H,4,9-15H2,1-3H3,(H2,23,24,25);1H. The largest absolute Gasteiger partial charge is 0.497 e. The quantitative estimate of drug-likeness (QED) is 0.280. The number of halogens is 1. The van der Waals surface area contributed by atoms with Crippen molar-refractivity contribution >= 4 is 41.3 Å². The normalized spacial score (nSPS) is 15.8. The average Bonchev–Trinajstić information content (AvgIpc) is 3.27. The highest BCUT2D eigenvalue weighted by molar-refractivity contribution is 14.0. The van der Waals surface area contributed by atoms with Gasteiger partial charge in [0, 0.05) is 45.0 Å². The van der Waals surface area contributed by atoms with Crippen LogP contribution >= 0.6 is 35.3 Å². The number of aromatic nitrogens is 1. The number of thiazole rings is 1. The van der Waals surface area contributed by atoms with Crippen LogP contribution in [0.4, 0.5) is 0 Å². The number of ether oxygens (including phenoxy) is 2. The van der Waals surface area contributed by atoms with E-state index in [1.165, 1.54) is 10.6 Å². The minimum atomic E-state index is 0. The molecule has 0 radical (unpaired) electrons. The van der Waals surface area contributed by atoms with Crippen molar-refractivity contribution in [1.82, 2.24) is 20.5 Å². The first-order valence-electron chi connectivity index (χ1n) is 10.6. The first-order valence-corrected chi connectivity index (χ1v) is 11.4. The monoisotopic (exact) mass is 559 g/mol. The molecular formula is C22H34IN5O2S. The molecular weight excluding hydrogens is 525 g/mol. The predicted octanol–water partition coefficient (Wildman–Crippen LogP) is 3.11. The van der Waals surface area contributed by atoms with Gasteiger partial charge in [0.1, 0.15) is 5.75 Å². The first-order chi connectivity index (χ1) is 14.7. The summed E-state index contributed by atoms with van der Waals surface area (Å²) in [7, 11) is 3.50. The van der Waals surface area contributed by atoms with Gasteiger partial charge in [0.2, 0.25) is 0 Å². The summed E-state index contributed by atoms with van der Waals surface area (Å²) in [5.74, 6) is 1.69. The van der Waals surface area contributed by atoms with Gasteiger partial charge in [-0.15, -0.1) is 35.3 Å². The molecule has 3 rings (SSSR count). The molecule has 1 aromatic heterocycles. The minimum Gasteiger partial charge on any atom is -0.497 e. The van der Waals surface area contributed by atoms with Crippen LogP contribution in [0.2, 0.25) is 0 Å². The fraction of sp³-hybridized carbons (Fsp3) is 0.545. The fourth-order valence-electron chi connectivity index (χ4n) is 3.52. The number of nitrogens with one attached hydrogen (secondary N) is 2. The van der Waals surface area contributed by atoms with E-state index >= 15 is 0 Å². The second-order valence-corrected chi connectivity index (χ2v) is 8.10. The maximum Gasteiger partial charge on any atom is 0.191 e. The van der Waals surface area contributed by atoms with Crippen molar-refractivity contribution in [2.45, 2.75) is 25.8 Å². The van der Waals surface area contributed by atoms with E-state index in [0.29, 0.717) is 0 Å². The van der Waals surface area contributed by atoms with Crippen molar-refractivity contribution in [3.8, 4) is 5.75 Å². The number of benzene rings is 1. The van der Waals surface area contributed by atoms with E-state index in [-0.39, 0.29) is 30.0 Å². The molecule has 0 spiro atoms. The number of hydrogen-bond donors (Lipinski definition) is 2. The molecule has 172 valence electrons. The fourth-order valence-corrected chi connectivity index (χ4v) is 4.30. The SMILES string of the molecule is CCc1nc(CCNC(=NC)NCC(c2ccc(OC)cc2)N2CCOCC2)cs1.I. The molecule has 0 bridgehead atoms. The summed E-state index contributed by atoms with van der Waals surface area (Å²) in [6.07, 6.45) is 1.89. The molecule has 1 aliphatic heterocycles. The summed E-state index contributed by atoms with van der Waals surface area (Å²) < 4.78 is 10.9. The van der Waals surface area contributed by atoms with Crippen LogP contribution in [-0.4, -0.2) is 69.4 Å². The summed E-state index contributed by atoms with van der Waals surface area (Å²) in [5, 5.41) is 10.3. The molecule has 0 saturated carbocycles. The van der Waals surface area contributed by atoms with Crippen LogP contribution in [-0.2, 0) is 17.6 Å². The Morgan fingerprint density at radius 3 is 2.61 bits per heavy atom. The molecule has 1 aliphatic rings. The van der Waals surface area contributed by atoms with E-state index in [2.05, 4.69) is 49.9 Å². The Morgan fingerprint density at radius 1 is 1.26 bits per heavy atom. The average molecular weight is 560 g/mol. The molecule has 1 aromatic carbocycles. The van der Waals surface area contributed by atoms with E-state index in [1.54, 1.807) is 18.4 Å². The van der Waals surface area contributed by atoms with Crippen LogP contribution < -0.4 is 15.4 Å². The van der Waals surface area contributed by atoms with Crippen LogP contribution in [0.15, 0.2) is 34.6 Å².